The number of esters is 1. The highest BCUT2D eigenvalue weighted by Crippen LogP contribution is 2.10. The number of carbonyl (C=O) groups excluding carboxylic acids is 2. The van der Waals surface area contributed by atoms with Crippen LogP contribution in [0.1, 0.15) is 28.9 Å². The van der Waals surface area contributed by atoms with Gasteiger partial charge in [0, 0.05) is 24.2 Å². The number of nitrogens with one attached hydrogen (secondary N) is 1. The van der Waals surface area contributed by atoms with Crippen molar-refractivity contribution >= 4 is 23.5 Å². The number of hydrogen-bond acceptors (Lipinski definition) is 4. The Kier molecular flexibility index (Phi) is 5.58. The lowest BCUT2D eigenvalue weighted by Crippen LogP contribution is -2.25. The van der Waals surface area contributed by atoms with Gasteiger partial charge in [-0.2, -0.15) is 0 Å². The second-order valence-corrected chi connectivity index (χ2v) is 4.14. The molecule has 6 heteroatoms. The zero-order chi connectivity index (χ0) is 13.5. The fourth-order valence-electron chi connectivity index (χ4n) is 1.40. The number of aromatic nitrogens is 1. The Bertz CT molecular complexity index is 429. The minimum atomic E-state index is -0.285. The van der Waals surface area contributed by atoms with Crippen LogP contribution in [0, 0.1) is 6.92 Å². The summed E-state index contributed by atoms with van der Waals surface area (Å²) in [5.41, 5.74) is 1.15. The summed E-state index contributed by atoms with van der Waals surface area (Å²) < 4.78 is 4.50. The van der Waals surface area contributed by atoms with E-state index < -0.39 is 0 Å². The molecule has 0 saturated heterocycles. The van der Waals surface area contributed by atoms with Gasteiger partial charge in [-0.25, -0.2) is 4.98 Å². The maximum Gasteiger partial charge on any atom is 0.305 e. The third kappa shape index (κ3) is 4.71. The van der Waals surface area contributed by atoms with Crippen molar-refractivity contribution in [3.8, 4) is 0 Å². The van der Waals surface area contributed by atoms with Gasteiger partial charge in [-0.3, -0.25) is 9.59 Å². The highest BCUT2D eigenvalue weighted by Gasteiger charge is 2.08. The number of rotatable bonds is 5. The molecule has 0 saturated carbocycles. The molecule has 1 aromatic rings. The predicted octanol–water partition coefficient (Wildman–Crippen LogP) is 1.73. The molecular formula is C12H15ClN2O3. The van der Waals surface area contributed by atoms with Crippen molar-refractivity contribution in [3.05, 3.63) is 28.5 Å². The summed E-state index contributed by atoms with van der Waals surface area (Å²) in [7, 11) is 1.34. The van der Waals surface area contributed by atoms with Crippen molar-refractivity contribution in [2.45, 2.75) is 19.8 Å². The topological polar surface area (TPSA) is 68.3 Å². The minimum Gasteiger partial charge on any atom is -0.469 e. The lowest BCUT2D eigenvalue weighted by atomic mass is 10.2. The molecule has 0 aliphatic carbocycles. The molecule has 1 aromatic heterocycles. The van der Waals surface area contributed by atoms with E-state index in [0.717, 1.165) is 0 Å². The molecule has 0 spiro atoms. The fraction of sp³-hybridized carbons (Fsp3) is 0.417. The Morgan fingerprint density at radius 3 is 2.78 bits per heavy atom. The van der Waals surface area contributed by atoms with Gasteiger partial charge in [-0.05, 0) is 25.5 Å². The van der Waals surface area contributed by atoms with Crippen LogP contribution in [0.3, 0.4) is 0 Å². The number of ether oxygens (including phenoxy) is 1. The van der Waals surface area contributed by atoms with Gasteiger partial charge in [-0.15, -0.1) is 0 Å². The number of hydrogen-bond donors (Lipinski definition) is 1. The molecular weight excluding hydrogens is 256 g/mol. The maximum atomic E-state index is 11.7. The van der Waals surface area contributed by atoms with E-state index in [2.05, 4.69) is 15.0 Å². The van der Waals surface area contributed by atoms with Gasteiger partial charge >= 0.3 is 5.97 Å². The van der Waals surface area contributed by atoms with Gasteiger partial charge in [0.1, 0.15) is 5.15 Å². The van der Waals surface area contributed by atoms with Crippen molar-refractivity contribution in [1.82, 2.24) is 10.3 Å². The summed E-state index contributed by atoms with van der Waals surface area (Å²) in [5.74, 6) is -0.515. The molecule has 0 unspecified atom stereocenters. The number of halogens is 1. The SMILES string of the molecule is COC(=O)CCCNC(=O)c1cc(C)nc(Cl)c1. The molecule has 5 nitrogen and oxygen atoms in total. The Labute approximate surface area is 110 Å². The molecule has 18 heavy (non-hydrogen) atoms. The van der Waals surface area contributed by atoms with E-state index in [0.29, 0.717) is 24.2 Å². The number of amides is 1. The highest BCUT2D eigenvalue weighted by atomic mass is 35.5. The van der Waals surface area contributed by atoms with Gasteiger partial charge < -0.3 is 10.1 Å². The van der Waals surface area contributed by atoms with Gasteiger partial charge in [0.15, 0.2) is 0 Å². The molecule has 98 valence electrons. The van der Waals surface area contributed by atoms with Crippen molar-refractivity contribution in [3.63, 3.8) is 0 Å². The smallest absolute Gasteiger partial charge is 0.305 e. The van der Waals surface area contributed by atoms with Gasteiger partial charge in [-0.1, -0.05) is 11.6 Å². The predicted molar refractivity (Wildman–Crippen MR) is 67.6 cm³/mol. The quantitative estimate of drug-likeness (QED) is 0.503. The molecule has 0 aromatic carbocycles. The first-order chi connectivity index (χ1) is 8.52. The van der Waals surface area contributed by atoms with Gasteiger partial charge in [0.2, 0.25) is 0 Å². The molecule has 0 radical (unpaired) electrons. The molecule has 0 atom stereocenters. The normalized spacial score (nSPS) is 9.94. The summed E-state index contributed by atoms with van der Waals surface area (Å²) in [5, 5.41) is 2.99. The Morgan fingerprint density at radius 1 is 1.44 bits per heavy atom. The largest absolute Gasteiger partial charge is 0.469 e. The van der Waals surface area contributed by atoms with E-state index in [-0.39, 0.29) is 23.5 Å². The third-order valence-electron chi connectivity index (χ3n) is 2.26. The number of methoxy groups -OCH3 is 1. The van der Waals surface area contributed by atoms with Crippen LogP contribution in [0.25, 0.3) is 0 Å². The first kappa shape index (κ1) is 14.4. The molecule has 0 fully saturated rings. The Morgan fingerprint density at radius 2 is 2.17 bits per heavy atom. The molecule has 0 aliphatic rings. The number of aryl methyl sites for hydroxylation is 1. The van der Waals surface area contributed by atoms with Crippen LogP contribution in [0.5, 0.6) is 0 Å². The average molecular weight is 271 g/mol. The highest BCUT2D eigenvalue weighted by molar-refractivity contribution is 6.29. The van der Waals surface area contributed by atoms with Crippen molar-refractivity contribution in [1.29, 1.82) is 0 Å². The Hall–Kier alpha value is -1.62. The monoisotopic (exact) mass is 270 g/mol. The third-order valence-corrected chi connectivity index (χ3v) is 2.45. The summed E-state index contributed by atoms with van der Waals surface area (Å²) in [4.78, 5) is 26.6. The molecule has 1 heterocycles. The minimum absolute atomic E-state index is 0.229. The molecule has 0 aliphatic heterocycles. The fourth-order valence-corrected chi connectivity index (χ4v) is 1.65. The zero-order valence-electron chi connectivity index (χ0n) is 10.3. The van der Waals surface area contributed by atoms with Crippen LogP contribution in [0.15, 0.2) is 12.1 Å². The summed E-state index contributed by atoms with van der Waals surface area (Å²) >= 11 is 5.76. The lowest BCUT2D eigenvalue weighted by molar-refractivity contribution is -0.140. The van der Waals surface area contributed by atoms with E-state index in [1.54, 1.807) is 13.0 Å². The summed E-state index contributed by atoms with van der Waals surface area (Å²) in [6.07, 6.45) is 0.823. The zero-order valence-corrected chi connectivity index (χ0v) is 11.1. The lowest BCUT2D eigenvalue weighted by Gasteiger charge is -2.05. The average Bonchev–Trinajstić information content (AvgIpc) is 2.32. The first-order valence-electron chi connectivity index (χ1n) is 5.52. The van der Waals surface area contributed by atoms with Crippen LogP contribution in [0.2, 0.25) is 5.15 Å². The van der Waals surface area contributed by atoms with Crippen LogP contribution in [0.4, 0.5) is 0 Å². The Balaban J connectivity index is 2.43. The molecule has 1 amide bonds. The van der Waals surface area contributed by atoms with Crippen molar-refractivity contribution < 1.29 is 14.3 Å². The van der Waals surface area contributed by atoms with Crippen LogP contribution in [-0.2, 0) is 9.53 Å². The number of pyridine rings is 1. The van der Waals surface area contributed by atoms with Crippen LogP contribution >= 0.6 is 11.6 Å². The van der Waals surface area contributed by atoms with Gasteiger partial charge in [0.05, 0.1) is 7.11 Å². The summed E-state index contributed by atoms with van der Waals surface area (Å²) in [6.45, 7) is 2.17. The van der Waals surface area contributed by atoms with Crippen molar-refractivity contribution in [2.75, 3.05) is 13.7 Å². The number of carbonyl (C=O) groups is 2. The van der Waals surface area contributed by atoms with Crippen molar-refractivity contribution in [2.24, 2.45) is 0 Å². The van der Waals surface area contributed by atoms with Crippen LogP contribution in [-0.4, -0.2) is 30.5 Å². The van der Waals surface area contributed by atoms with Crippen LogP contribution < -0.4 is 5.32 Å². The van der Waals surface area contributed by atoms with E-state index in [1.807, 2.05) is 0 Å². The molecule has 0 bridgehead atoms. The van der Waals surface area contributed by atoms with E-state index in [4.69, 9.17) is 11.6 Å². The summed E-state index contributed by atoms with van der Waals surface area (Å²) in [6, 6.07) is 3.16. The van der Waals surface area contributed by atoms with E-state index in [9.17, 15) is 9.59 Å². The maximum absolute atomic E-state index is 11.7. The van der Waals surface area contributed by atoms with Gasteiger partial charge in [0.25, 0.3) is 5.91 Å². The second kappa shape index (κ2) is 6.96. The molecule has 1 N–H and O–H groups in total. The van der Waals surface area contributed by atoms with E-state index >= 15 is 0 Å². The number of nitrogens with zero attached hydrogens (tertiary/aromatic N) is 1. The first-order valence-corrected chi connectivity index (χ1v) is 5.90. The standard InChI is InChI=1S/C12H15ClN2O3/c1-8-6-9(7-10(13)15-8)12(17)14-5-3-4-11(16)18-2/h6-7H,3-5H2,1-2H3,(H,14,17). The second-order valence-electron chi connectivity index (χ2n) is 3.76. The van der Waals surface area contributed by atoms with E-state index in [1.165, 1.54) is 13.2 Å². The molecule has 1 rings (SSSR count).